The summed E-state index contributed by atoms with van der Waals surface area (Å²) in [6.07, 6.45) is 12.5. The molecular formula is C16H35N. The fraction of sp³-hybridized carbons (Fsp3) is 1.00. The molecule has 1 N–H and O–H groups in total. The standard InChI is InChI=1S/C16H35N/c1-5-9-11-12-14-16(17-8-4)15(7-3)13-10-6-2/h15-17H,5-14H2,1-4H3. The van der Waals surface area contributed by atoms with Crippen LogP contribution in [0.4, 0.5) is 0 Å². The number of unbranched alkanes of at least 4 members (excludes halogenated alkanes) is 4. The van der Waals surface area contributed by atoms with Crippen LogP contribution < -0.4 is 5.32 Å². The van der Waals surface area contributed by atoms with Gasteiger partial charge in [0.25, 0.3) is 0 Å². The Morgan fingerprint density at radius 1 is 0.765 bits per heavy atom. The number of rotatable bonds is 12. The molecule has 1 heteroatoms. The van der Waals surface area contributed by atoms with Gasteiger partial charge in [0.1, 0.15) is 0 Å². The topological polar surface area (TPSA) is 12.0 Å². The normalized spacial score (nSPS) is 14.8. The van der Waals surface area contributed by atoms with Crippen molar-refractivity contribution in [1.29, 1.82) is 0 Å². The molecular weight excluding hydrogens is 206 g/mol. The summed E-state index contributed by atoms with van der Waals surface area (Å²) in [5.41, 5.74) is 0. The summed E-state index contributed by atoms with van der Waals surface area (Å²) in [7, 11) is 0. The van der Waals surface area contributed by atoms with Crippen LogP contribution in [0.2, 0.25) is 0 Å². The Labute approximate surface area is 110 Å². The van der Waals surface area contributed by atoms with E-state index in [-0.39, 0.29) is 0 Å². The van der Waals surface area contributed by atoms with Crippen LogP contribution in [0.25, 0.3) is 0 Å². The molecule has 0 aromatic carbocycles. The molecule has 0 saturated heterocycles. The molecule has 0 amide bonds. The smallest absolute Gasteiger partial charge is 0.00951 e. The van der Waals surface area contributed by atoms with Crippen molar-refractivity contribution in [3.05, 3.63) is 0 Å². The van der Waals surface area contributed by atoms with Gasteiger partial charge in [0.15, 0.2) is 0 Å². The molecule has 104 valence electrons. The van der Waals surface area contributed by atoms with Crippen LogP contribution in [0.5, 0.6) is 0 Å². The van der Waals surface area contributed by atoms with Gasteiger partial charge in [0.05, 0.1) is 0 Å². The Morgan fingerprint density at radius 2 is 1.47 bits per heavy atom. The van der Waals surface area contributed by atoms with E-state index < -0.39 is 0 Å². The van der Waals surface area contributed by atoms with Gasteiger partial charge in [0.2, 0.25) is 0 Å². The quantitative estimate of drug-likeness (QED) is 0.466. The van der Waals surface area contributed by atoms with Gasteiger partial charge in [-0.15, -0.1) is 0 Å². The average molecular weight is 241 g/mol. The molecule has 0 bridgehead atoms. The van der Waals surface area contributed by atoms with Crippen molar-refractivity contribution in [2.75, 3.05) is 6.54 Å². The maximum Gasteiger partial charge on any atom is 0.00951 e. The van der Waals surface area contributed by atoms with E-state index in [1.54, 1.807) is 0 Å². The molecule has 0 radical (unpaired) electrons. The monoisotopic (exact) mass is 241 g/mol. The minimum Gasteiger partial charge on any atom is -0.314 e. The third-order valence-electron chi connectivity index (χ3n) is 3.86. The van der Waals surface area contributed by atoms with Crippen LogP contribution in [0.3, 0.4) is 0 Å². The summed E-state index contributed by atoms with van der Waals surface area (Å²) in [4.78, 5) is 0. The lowest BCUT2D eigenvalue weighted by atomic mass is 9.88. The van der Waals surface area contributed by atoms with Crippen molar-refractivity contribution in [2.45, 2.75) is 91.5 Å². The second-order valence-corrected chi connectivity index (χ2v) is 5.32. The Balaban J connectivity index is 3.97. The SMILES string of the molecule is CCCCCCC(NCC)C(CC)CCCC. The van der Waals surface area contributed by atoms with E-state index in [9.17, 15) is 0 Å². The molecule has 0 saturated carbocycles. The molecule has 0 spiro atoms. The minimum absolute atomic E-state index is 0.772. The van der Waals surface area contributed by atoms with Crippen molar-refractivity contribution in [3.8, 4) is 0 Å². The van der Waals surface area contributed by atoms with Gasteiger partial charge in [0, 0.05) is 6.04 Å². The van der Waals surface area contributed by atoms with E-state index in [1.807, 2.05) is 0 Å². The van der Waals surface area contributed by atoms with Crippen LogP contribution in [0.15, 0.2) is 0 Å². The van der Waals surface area contributed by atoms with Gasteiger partial charge >= 0.3 is 0 Å². The molecule has 0 aromatic heterocycles. The van der Waals surface area contributed by atoms with Crippen LogP contribution in [-0.4, -0.2) is 12.6 Å². The molecule has 17 heavy (non-hydrogen) atoms. The van der Waals surface area contributed by atoms with Crippen LogP contribution in [0, 0.1) is 5.92 Å². The van der Waals surface area contributed by atoms with Crippen LogP contribution in [0.1, 0.15) is 85.5 Å². The lowest BCUT2D eigenvalue weighted by Gasteiger charge is -2.27. The highest BCUT2D eigenvalue weighted by molar-refractivity contribution is 4.75. The molecule has 2 atom stereocenters. The Hall–Kier alpha value is -0.0400. The van der Waals surface area contributed by atoms with E-state index >= 15 is 0 Å². The Kier molecular flexibility index (Phi) is 12.4. The molecule has 0 heterocycles. The van der Waals surface area contributed by atoms with Gasteiger partial charge < -0.3 is 5.32 Å². The van der Waals surface area contributed by atoms with Gasteiger partial charge in [-0.1, -0.05) is 72.6 Å². The highest BCUT2D eigenvalue weighted by Gasteiger charge is 2.17. The third kappa shape index (κ3) is 8.65. The lowest BCUT2D eigenvalue weighted by molar-refractivity contribution is 0.300. The largest absolute Gasteiger partial charge is 0.314 e. The van der Waals surface area contributed by atoms with Crippen molar-refractivity contribution in [1.82, 2.24) is 5.32 Å². The number of nitrogens with one attached hydrogen (secondary N) is 1. The summed E-state index contributed by atoms with van der Waals surface area (Å²) in [5.74, 6) is 0.900. The molecule has 2 unspecified atom stereocenters. The van der Waals surface area contributed by atoms with Crippen LogP contribution >= 0.6 is 0 Å². The molecule has 0 fully saturated rings. The fourth-order valence-electron chi connectivity index (χ4n) is 2.71. The maximum absolute atomic E-state index is 3.72. The summed E-state index contributed by atoms with van der Waals surface area (Å²) in [6, 6.07) is 0.772. The zero-order valence-corrected chi connectivity index (χ0v) is 12.7. The zero-order valence-electron chi connectivity index (χ0n) is 12.7. The van der Waals surface area contributed by atoms with Crippen molar-refractivity contribution < 1.29 is 0 Å². The molecule has 0 rings (SSSR count). The van der Waals surface area contributed by atoms with E-state index in [4.69, 9.17) is 0 Å². The summed E-state index contributed by atoms with van der Waals surface area (Å²) < 4.78 is 0. The van der Waals surface area contributed by atoms with Crippen molar-refractivity contribution >= 4 is 0 Å². The molecule has 0 aliphatic rings. The molecule has 0 aliphatic heterocycles. The first-order valence-electron chi connectivity index (χ1n) is 8.03. The van der Waals surface area contributed by atoms with Gasteiger partial charge in [-0.05, 0) is 25.3 Å². The first-order valence-corrected chi connectivity index (χ1v) is 8.03. The Bertz CT molecular complexity index is 144. The van der Waals surface area contributed by atoms with E-state index in [2.05, 4.69) is 33.0 Å². The predicted octanol–water partition coefficient (Wildman–Crippen LogP) is 5.15. The van der Waals surface area contributed by atoms with Crippen LogP contribution in [-0.2, 0) is 0 Å². The summed E-state index contributed by atoms with van der Waals surface area (Å²) >= 11 is 0. The van der Waals surface area contributed by atoms with E-state index in [1.165, 1.54) is 57.8 Å². The minimum atomic E-state index is 0.772. The average Bonchev–Trinajstić information content (AvgIpc) is 2.35. The first-order chi connectivity index (χ1) is 8.29. The van der Waals surface area contributed by atoms with Crippen molar-refractivity contribution in [2.24, 2.45) is 5.92 Å². The maximum atomic E-state index is 3.72. The Morgan fingerprint density at radius 3 is 2.00 bits per heavy atom. The summed E-state index contributed by atoms with van der Waals surface area (Å²) in [5, 5.41) is 3.72. The van der Waals surface area contributed by atoms with Crippen molar-refractivity contribution in [3.63, 3.8) is 0 Å². The fourth-order valence-corrected chi connectivity index (χ4v) is 2.71. The highest BCUT2D eigenvalue weighted by Crippen LogP contribution is 2.21. The predicted molar refractivity (Wildman–Crippen MR) is 79.5 cm³/mol. The molecule has 1 nitrogen and oxygen atoms in total. The van der Waals surface area contributed by atoms with E-state index in [0.717, 1.165) is 18.5 Å². The third-order valence-corrected chi connectivity index (χ3v) is 3.86. The van der Waals surface area contributed by atoms with E-state index in [0.29, 0.717) is 0 Å². The second kappa shape index (κ2) is 12.4. The number of hydrogen-bond acceptors (Lipinski definition) is 1. The zero-order chi connectivity index (χ0) is 12.9. The molecule has 0 aromatic rings. The lowest BCUT2D eigenvalue weighted by Crippen LogP contribution is -2.36. The first kappa shape index (κ1) is 17.0. The summed E-state index contributed by atoms with van der Waals surface area (Å²) in [6.45, 7) is 10.3. The van der Waals surface area contributed by atoms with Gasteiger partial charge in [-0.25, -0.2) is 0 Å². The highest BCUT2D eigenvalue weighted by atomic mass is 14.9. The van der Waals surface area contributed by atoms with Gasteiger partial charge in [-0.2, -0.15) is 0 Å². The second-order valence-electron chi connectivity index (χ2n) is 5.32. The van der Waals surface area contributed by atoms with Gasteiger partial charge in [-0.3, -0.25) is 0 Å². The molecule has 0 aliphatic carbocycles. The number of hydrogen-bond donors (Lipinski definition) is 1.